The molecule has 0 aliphatic rings. The van der Waals surface area contributed by atoms with E-state index in [0.29, 0.717) is 11.3 Å². The molecule has 1 heterocycles. The Morgan fingerprint density at radius 2 is 2.12 bits per heavy atom. The molecule has 2 unspecified atom stereocenters. The van der Waals surface area contributed by atoms with E-state index in [1.165, 1.54) is 12.8 Å². The van der Waals surface area contributed by atoms with Crippen LogP contribution in [0.15, 0.2) is 5.16 Å². The van der Waals surface area contributed by atoms with Crippen molar-refractivity contribution in [3.8, 4) is 0 Å². The van der Waals surface area contributed by atoms with Gasteiger partial charge in [0, 0.05) is 11.3 Å². The summed E-state index contributed by atoms with van der Waals surface area (Å²) in [6, 6.07) is 0.554. The summed E-state index contributed by atoms with van der Waals surface area (Å²) < 4.78 is 0. The van der Waals surface area contributed by atoms with Crippen molar-refractivity contribution in [3.05, 3.63) is 5.82 Å². The molecular formula is C12H24N4S. The van der Waals surface area contributed by atoms with E-state index in [4.69, 9.17) is 0 Å². The van der Waals surface area contributed by atoms with Crippen LogP contribution in [0.1, 0.15) is 45.9 Å². The second-order valence-electron chi connectivity index (χ2n) is 4.22. The molecule has 5 heteroatoms. The van der Waals surface area contributed by atoms with Crippen LogP contribution in [0, 0.1) is 6.92 Å². The Morgan fingerprint density at radius 1 is 1.35 bits per heavy atom. The highest BCUT2D eigenvalue weighted by Crippen LogP contribution is 2.26. The van der Waals surface area contributed by atoms with Gasteiger partial charge in [-0.1, -0.05) is 39.0 Å². The Morgan fingerprint density at radius 3 is 2.59 bits per heavy atom. The maximum Gasteiger partial charge on any atom is 0.208 e. The lowest BCUT2D eigenvalue weighted by Gasteiger charge is -2.25. The fourth-order valence-electron chi connectivity index (χ4n) is 1.95. The predicted octanol–water partition coefficient (Wildman–Crippen LogP) is 2.76. The zero-order chi connectivity index (χ0) is 12.7. The van der Waals surface area contributed by atoms with E-state index in [0.717, 1.165) is 23.9 Å². The molecule has 0 fully saturated rings. The topological polar surface area (TPSA) is 53.6 Å². The molecule has 2 N–H and O–H groups in total. The average molecular weight is 256 g/mol. The maximum atomic E-state index is 4.37. The number of hydrogen-bond donors (Lipinski definition) is 2. The number of H-pyrrole nitrogens is 1. The second kappa shape index (κ2) is 7.71. The number of nitrogens with zero attached hydrogens (tertiary/aromatic N) is 2. The van der Waals surface area contributed by atoms with Gasteiger partial charge in [0.1, 0.15) is 5.82 Å². The van der Waals surface area contributed by atoms with Gasteiger partial charge in [-0.3, -0.25) is 5.10 Å². The summed E-state index contributed by atoms with van der Waals surface area (Å²) in [5, 5.41) is 12.1. The maximum absolute atomic E-state index is 4.37. The van der Waals surface area contributed by atoms with Crippen molar-refractivity contribution in [2.24, 2.45) is 0 Å². The van der Waals surface area contributed by atoms with Crippen LogP contribution in [0.4, 0.5) is 0 Å². The molecule has 1 aromatic heterocycles. The molecular weight excluding hydrogens is 232 g/mol. The fourth-order valence-corrected chi connectivity index (χ4v) is 3.07. The molecule has 17 heavy (non-hydrogen) atoms. The van der Waals surface area contributed by atoms with E-state index in [9.17, 15) is 0 Å². The normalized spacial score (nSPS) is 14.8. The van der Waals surface area contributed by atoms with Gasteiger partial charge in [0.15, 0.2) is 0 Å². The molecule has 2 atom stereocenters. The summed E-state index contributed by atoms with van der Waals surface area (Å²) in [7, 11) is 0. The Bertz CT molecular complexity index is 307. The van der Waals surface area contributed by atoms with Gasteiger partial charge in [0.2, 0.25) is 5.16 Å². The van der Waals surface area contributed by atoms with Crippen LogP contribution in [0.25, 0.3) is 0 Å². The van der Waals surface area contributed by atoms with E-state index in [2.05, 4.69) is 41.3 Å². The molecule has 4 nitrogen and oxygen atoms in total. The monoisotopic (exact) mass is 256 g/mol. The molecule has 0 aliphatic carbocycles. The quantitative estimate of drug-likeness (QED) is 0.702. The summed E-state index contributed by atoms with van der Waals surface area (Å²) in [5.41, 5.74) is 0. The first kappa shape index (κ1) is 14.5. The molecule has 0 spiro atoms. The van der Waals surface area contributed by atoms with E-state index >= 15 is 0 Å². The number of aromatic amines is 1. The van der Waals surface area contributed by atoms with Crippen LogP contribution in [0.2, 0.25) is 0 Å². The van der Waals surface area contributed by atoms with Gasteiger partial charge in [0.25, 0.3) is 0 Å². The second-order valence-corrected chi connectivity index (χ2v) is 5.43. The van der Waals surface area contributed by atoms with Crippen molar-refractivity contribution in [2.75, 3.05) is 6.54 Å². The highest BCUT2D eigenvalue weighted by Gasteiger charge is 2.21. The van der Waals surface area contributed by atoms with Crippen molar-refractivity contribution in [3.63, 3.8) is 0 Å². The van der Waals surface area contributed by atoms with Crippen LogP contribution in [-0.2, 0) is 0 Å². The van der Waals surface area contributed by atoms with E-state index in [-0.39, 0.29) is 0 Å². The summed E-state index contributed by atoms with van der Waals surface area (Å²) in [6.07, 6.45) is 3.56. The van der Waals surface area contributed by atoms with Crippen molar-refractivity contribution in [1.82, 2.24) is 20.5 Å². The van der Waals surface area contributed by atoms with Crippen molar-refractivity contribution < 1.29 is 0 Å². The van der Waals surface area contributed by atoms with E-state index < -0.39 is 0 Å². The van der Waals surface area contributed by atoms with Gasteiger partial charge in [0.05, 0.1) is 0 Å². The third kappa shape index (κ3) is 4.68. The third-order valence-corrected chi connectivity index (χ3v) is 4.11. The van der Waals surface area contributed by atoms with E-state index in [1.807, 2.05) is 6.92 Å². The Balaban J connectivity index is 2.61. The highest BCUT2D eigenvalue weighted by atomic mass is 32.2. The zero-order valence-electron chi connectivity index (χ0n) is 11.3. The average Bonchev–Trinajstić information content (AvgIpc) is 2.72. The first-order valence-corrected chi connectivity index (χ1v) is 7.38. The molecule has 1 aromatic rings. The van der Waals surface area contributed by atoms with Gasteiger partial charge in [-0.15, -0.1) is 5.10 Å². The van der Waals surface area contributed by atoms with E-state index in [1.54, 1.807) is 11.8 Å². The summed E-state index contributed by atoms with van der Waals surface area (Å²) in [6.45, 7) is 9.59. The van der Waals surface area contributed by atoms with Crippen molar-refractivity contribution in [1.29, 1.82) is 0 Å². The van der Waals surface area contributed by atoms with Crippen LogP contribution >= 0.6 is 11.8 Å². The molecule has 0 aromatic carbocycles. The lowest BCUT2D eigenvalue weighted by molar-refractivity contribution is 0.465. The SMILES string of the molecule is CCCC(NCC)C(CC)Sc1n[nH]c(C)n1. The van der Waals surface area contributed by atoms with Gasteiger partial charge in [-0.25, -0.2) is 4.98 Å². The smallest absolute Gasteiger partial charge is 0.208 e. The number of aryl methyl sites for hydroxylation is 1. The van der Waals surface area contributed by atoms with Crippen molar-refractivity contribution >= 4 is 11.8 Å². The molecule has 0 aliphatic heterocycles. The molecule has 0 saturated heterocycles. The molecule has 0 amide bonds. The Labute approximate surface area is 108 Å². The van der Waals surface area contributed by atoms with Gasteiger partial charge in [-0.05, 0) is 26.3 Å². The number of aromatic nitrogens is 3. The minimum atomic E-state index is 0.546. The highest BCUT2D eigenvalue weighted by molar-refractivity contribution is 7.99. The van der Waals surface area contributed by atoms with Crippen LogP contribution in [0.3, 0.4) is 0 Å². The van der Waals surface area contributed by atoms with Crippen LogP contribution < -0.4 is 5.32 Å². The minimum absolute atomic E-state index is 0.546. The van der Waals surface area contributed by atoms with Crippen LogP contribution in [-0.4, -0.2) is 33.0 Å². The predicted molar refractivity (Wildman–Crippen MR) is 73.4 cm³/mol. The molecule has 0 saturated carbocycles. The standard InChI is InChI=1S/C12H24N4S/c1-5-8-10(13-7-3)11(6-2)17-12-14-9(4)15-16-12/h10-11,13H,5-8H2,1-4H3,(H,14,15,16). The molecule has 0 bridgehead atoms. The van der Waals surface area contributed by atoms with Gasteiger partial charge < -0.3 is 5.32 Å². The number of nitrogens with one attached hydrogen (secondary N) is 2. The van der Waals surface area contributed by atoms with Crippen LogP contribution in [0.5, 0.6) is 0 Å². The Kier molecular flexibility index (Phi) is 6.58. The molecule has 1 rings (SSSR count). The first-order chi connectivity index (χ1) is 8.21. The lowest BCUT2D eigenvalue weighted by atomic mass is 10.1. The van der Waals surface area contributed by atoms with Gasteiger partial charge >= 0.3 is 0 Å². The number of hydrogen-bond acceptors (Lipinski definition) is 4. The summed E-state index contributed by atoms with van der Waals surface area (Å²) in [4.78, 5) is 4.37. The number of thioether (sulfide) groups is 1. The molecule has 0 radical (unpaired) electrons. The minimum Gasteiger partial charge on any atom is -0.313 e. The lowest BCUT2D eigenvalue weighted by Crippen LogP contribution is -2.37. The summed E-state index contributed by atoms with van der Waals surface area (Å²) in [5.74, 6) is 0.887. The van der Waals surface area contributed by atoms with Gasteiger partial charge in [-0.2, -0.15) is 0 Å². The first-order valence-electron chi connectivity index (χ1n) is 6.50. The fraction of sp³-hybridized carbons (Fsp3) is 0.833. The molecule has 98 valence electrons. The number of rotatable bonds is 8. The third-order valence-electron chi connectivity index (χ3n) is 2.75. The summed E-state index contributed by atoms with van der Waals surface area (Å²) >= 11 is 1.78. The van der Waals surface area contributed by atoms with Crippen molar-refractivity contribution in [2.45, 2.75) is 63.4 Å². The zero-order valence-corrected chi connectivity index (χ0v) is 12.1. The largest absolute Gasteiger partial charge is 0.313 e. The Hall–Kier alpha value is -0.550.